The summed E-state index contributed by atoms with van der Waals surface area (Å²) in [6.07, 6.45) is 4.47. The molecule has 0 amide bonds. The van der Waals surface area contributed by atoms with Gasteiger partial charge in [-0.3, -0.25) is 0 Å². The van der Waals surface area contributed by atoms with Crippen LogP contribution in [0.15, 0.2) is 35.8 Å². The molecule has 0 unspecified atom stereocenters. The molecule has 1 saturated carbocycles. The highest BCUT2D eigenvalue weighted by Crippen LogP contribution is 2.43. The molecule has 28 heavy (non-hydrogen) atoms. The molecule has 2 aromatic heterocycles. The van der Waals surface area contributed by atoms with Crippen LogP contribution < -0.4 is 5.32 Å². The highest BCUT2D eigenvalue weighted by atomic mass is 35.5. The minimum absolute atomic E-state index is 0. The lowest BCUT2D eigenvalue weighted by Crippen LogP contribution is -2.33. The molecule has 1 aliphatic rings. The van der Waals surface area contributed by atoms with Gasteiger partial charge < -0.3 is 10.4 Å². The van der Waals surface area contributed by atoms with Gasteiger partial charge in [-0.25, -0.2) is 15.0 Å². The second-order valence-electron chi connectivity index (χ2n) is 7.60. The molecule has 1 aliphatic carbocycles. The number of nitrogens with zero attached hydrogens (tertiary/aromatic N) is 3. The van der Waals surface area contributed by atoms with E-state index in [1.807, 2.05) is 11.4 Å². The Balaban J connectivity index is 0.00000225. The first kappa shape index (κ1) is 20.7. The van der Waals surface area contributed by atoms with E-state index >= 15 is 0 Å². The number of anilines is 2. The lowest BCUT2D eigenvalue weighted by atomic mass is 9.81. The van der Waals surface area contributed by atoms with Crippen molar-refractivity contribution in [2.75, 3.05) is 5.32 Å². The number of benzene rings is 1. The zero-order valence-electron chi connectivity index (χ0n) is 16.3. The Morgan fingerprint density at radius 2 is 1.96 bits per heavy atom. The van der Waals surface area contributed by atoms with Gasteiger partial charge in [0.25, 0.3) is 0 Å². The summed E-state index contributed by atoms with van der Waals surface area (Å²) in [5, 5.41) is 16.7. The van der Waals surface area contributed by atoms with Gasteiger partial charge in [0.1, 0.15) is 10.6 Å². The fourth-order valence-electron chi connectivity index (χ4n) is 3.23. The molecule has 7 heteroatoms. The topological polar surface area (TPSA) is 70.9 Å². The molecule has 0 radical (unpaired) electrons. The molecule has 0 aliphatic heterocycles. The summed E-state index contributed by atoms with van der Waals surface area (Å²) in [5.74, 6) is 0.952. The van der Waals surface area contributed by atoms with Gasteiger partial charge in [-0.15, -0.1) is 23.7 Å². The number of aryl methyl sites for hydroxylation is 1. The summed E-state index contributed by atoms with van der Waals surface area (Å²) < 4.78 is 0. The minimum atomic E-state index is -0.709. The normalized spacial score (nSPS) is 15.0. The van der Waals surface area contributed by atoms with Crippen molar-refractivity contribution < 1.29 is 5.11 Å². The Bertz CT molecular complexity index is 969. The van der Waals surface area contributed by atoms with Crippen molar-refractivity contribution in [3.8, 4) is 11.3 Å². The third-order valence-electron chi connectivity index (χ3n) is 4.98. The van der Waals surface area contributed by atoms with Gasteiger partial charge in [0.2, 0.25) is 5.95 Å². The van der Waals surface area contributed by atoms with Crippen LogP contribution in [0, 0.1) is 6.92 Å². The molecular formula is C21H25ClN4OS. The van der Waals surface area contributed by atoms with E-state index in [-0.39, 0.29) is 12.4 Å². The maximum absolute atomic E-state index is 10.5. The molecule has 0 atom stereocenters. The Morgan fingerprint density at radius 1 is 1.18 bits per heavy atom. The summed E-state index contributed by atoms with van der Waals surface area (Å²) in [4.78, 5) is 13.6. The van der Waals surface area contributed by atoms with Crippen molar-refractivity contribution in [2.45, 2.75) is 51.6 Å². The fourth-order valence-corrected chi connectivity index (χ4v) is 4.22. The molecule has 2 N–H and O–H groups in total. The van der Waals surface area contributed by atoms with Gasteiger partial charge >= 0.3 is 0 Å². The van der Waals surface area contributed by atoms with Gasteiger partial charge in [-0.05, 0) is 61.9 Å². The standard InChI is InChI=1S/C21H24N4OS.ClH/c1-13(2)17-5-8-22-20(25-17)23-16-10-14(3)9-15(11-16)18-12-27-19(24-18)21(26)6-4-7-21;/h5,8-13,26H,4,6-7H2,1-3H3,(H,22,23,25);1H. The van der Waals surface area contributed by atoms with Gasteiger partial charge in [-0.1, -0.05) is 13.8 Å². The van der Waals surface area contributed by atoms with Crippen molar-refractivity contribution in [2.24, 2.45) is 0 Å². The molecule has 5 nitrogen and oxygen atoms in total. The summed E-state index contributed by atoms with van der Waals surface area (Å²) >= 11 is 1.54. The van der Waals surface area contributed by atoms with Crippen LogP contribution in [0.2, 0.25) is 0 Å². The van der Waals surface area contributed by atoms with Crippen LogP contribution in [0.3, 0.4) is 0 Å². The molecular weight excluding hydrogens is 392 g/mol. The van der Waals surface area contributed by atoms with Gasteiger partial charge in [0, 0.05) is 28.5 Å². The average Bonchev–Trinajstić information content (AvgIpc) is 3.10. The van der Waals surface area contributed by atoms with Crippen LogP contribution in [0.1, 0.15) is 55.3 Å². The molecule has 1 fully saturated rings. The van der Waals surface area contributed by atoms with E-state index in [2.05, 4.69) is 54.3 Å². The Kier molecular flexibility index (Phi) is 6.03. The van der Waals surface area contributed by atoms with E-state index in [0.717, 1.165) is 52.5 Å². The zero-order chi connectivity index (χ0) is 19.0. The molecule has 0 saturated heterocycles. The van der Waals surface area contributed by atoms with E-state index < -0.39 is 5.60 Å². The van der Waals surface area contributed by atoms with E-state index in [9.17, 15) is 5.11 Å². The fraction of sp³-hybridized carbons (Fsp3) is 0.381. The summed E-state index contributed by atoms with van der Waals surface area (Å²) in [7, 11) is 0. The van der Waals surface area contributed by atoms with Crippen LogP contribution in [0.5, 0.6) is 0 Å². The van der Waals surface area contributed by atoms with Crippen molar-refractivity contribution in [1.29, 1.82) is 0 Å². The largest absolute Gasteiger partial charge is 0.383 e. The number of thiazole rings is 1. The number of aromatic nitrogens is 3. The van der Waals surface area contributed by atoms with E-state index in [1.54, 1.807) is 17.5 Å². The number of hydrogen-bond donors (Lipinski definition) is 2. The van der Waals surface area contributed by atoms with E-state index in [0.29, 0.717) is 11.9 Å². The summed E-state index contributed by atoms with van der Waals surface area (Å²) in [5.41, 5.74) is 4.30. The van der Waals surface area contributed by atoms with Crippen molar-refractivity contribution >= 4 is 35.4 Å². The van der Waals surface area contributed by atoms with E-state index in [4.69, 9.17) is 4.98 Å². The first-order valence-corrected chi connectivity index (χ1v) is 10.2. The quantitative estimate of drug-likeness (QED) is 0.569. The molecule has 3 aromatic rings. The maximum atomic E-state index is 10.5. The van der Waals surface area contributed by atoms with Crippen LogP contribution in [0.25, 0.3) is 11.3 Å². The van der Waals surface area contributed by atoms with Gasteiger partial charge in [0.05, 0.1) is 5.69 Å². The van der Waals surface area contributed by atoms with Crippen molar-refractivity contribution in [3.05, 3.63) is 52.1 Å². The molecule has 0 bridgehead atoms. The maximum Gasteiger partial charge on any atom is 0.227 e. The molecule has 148 valence electrons. The van der Waals surface area contributed by atoms with Crippen LogP contribution >= 0.6 is 23.7 Å². The molecule has 4 rings (SSSR count). The highest BCUT2D eigenvalue weighted by molar-refractivity contribution is 7.10. The average molecular weight is 417 g/mol. The summed E-state index contributed by atoms with van der Waals surface area (Å²) in [6.45, 7) is 6.30. The predicted octanol–water partition coefficient (Wildman–Crippen LogP) is 5.57. The van der Waals surface area contributed by atoms with Crippen LogP contribution in [-0.2, 0) is 5.60 Å². The minimum Gasteiger partial charge on any atom is -0.383 e. The lowest BCUT2D eigenvalue weighted by molar-refractivity contribution is -0.0388. The number of rotatable bonds is 5. The third-order valence-corrected chi connectivity index (χ3v) is 6.02. The first-order chi connectivity index (χ1) is 12.9. The van der Waals surface area contributed by atoms with Crippen LogP contribution in [0.4, 0.5) is 11.6 Å². The smallest absolute Gasteiger partial charge is 0.227 e. The van der Waals surface area contributed by atoms with Crippen molar-refractivity contribution in [3.63, 3.8) is 0 Å². The SMILES string of the molecule is Cc1cc(Nc2nccc(C(C)C)n2)cc(-c2csc(C3(O)CCC3)n2)c1.Cl. The number of nitrogens with one attached hydrogen (secondary N) is 1. The zero-order valence-corrected chi connectivity index (χ0v) is 17.9. The van der Waals surface area contributed by atoms with Crippen molar-refractivity contribution in [1.82, 2.24) is 15.0 Å². The number of aliphatic hydroxyl groups is 1. The van der Waals surface area contributed by atoms with E-state index in [1.165, 1.54) is 0 Å². The highest BCUT2D eigenvalue weighted by Gasteiger charge is 2.39. The Morgan fingerprint density at radius 3 is 2.64 bits per heavy atom. The van der Waals surface area contributed by atoms with Gasteiger partial charge in [-0.2, -0.15) is 0 Å². The molecule has 0 spiro atoms. The summed E-state index contributed by atoms with van der Waals surface area (Å²) in [6, 6.07) is 8.18. The second kappa shape index (κ2) is 8.15. The Labute approximate surface area is 175 Å². The van der Waals surface area contributed by atoms with Crippen LogP contribution in [-0.4, -0.2) is 20.1 Å². The Hall–Kier alpha value is -2.02. The van der Waals surface area contributed by atoms with Gasteiger partial charge in [0.15, 0.2) is 0 Å². The second-order valence-corrected chi connectivity index (χ2v) is 8.45. The predicted molar refractivity (Wildman–Crippen MR) is 117 cm³/mol. The third kappa shape index (κ3) is 4.19. The molecule has 1 aromatic carbocycles. The number of halogens is 1. The molecule has 2 heterocycles. The lowest BCUT2D eigenvalue weighted by Gasteiger charge is -2.34. The monoisotopic (exact) mass is 416 g/mol. The first-order valence-electron chi connectivity index (χ1n) is 9.33. The number of hydrogen-bond acceptors (Lipinski definition) is 6.